The van der Waals surface area contributed by atoms with Gasteiger partial charge in [-0.25, -0.2) is 0 Å². The summed E-state index contributed by atoms with van der Waals surface area (Å²) in [6.07, 6.45) is -11.6. The lowest BCUT2D eigenvalue weighted by molar-refractivity contribution is -0.335. The van der Waals surface area contributed by atoms with Crippen LogP contribution in [0.25, 0.3) is 10.4 Å². The van der Waals surface area contributed by atoms with E-state index in [1.54, 1.807) is 0 Å². The van der Waals surface area contributed by atoms with E-state index in [9.17, 15) is 15.7 Å². The molecule has 2 aliphatic rings. The van der Waals surface area contributed by atoms with Gasteiger partial charge >= 0.3 is 0 Å². The fourth-order valence-corrected chi connectivity index (χ4v) is 8.45. The van der Waals surface area contributed by atoms with Gasteiger partial charge in [-0.2, -0.15) is 0 Å². The largest absolute Gasteiger partial charge is 0.387 e. The Hall–Kier alpha value is -5.77. The van der Waals surface area contributed by atoms with Crippen molar-refractivity contribution in [3.05, 3.63) is 226 Å². The van der Waals surface area contributed by atoms with Crippen molar-refractivity contribution in [2.75, 3.05) is 6.61 Å². The van der Waals surface area contributed by atoms with Gasteiger partial charge in [-0.15, -0.1) is 0 Å². The minimum atomic E-state index is -1.60. The number of hydrogen-bond acceptors (Lipinski definition) is 11. The molecule has 5 unspecified atom stereocenters. The molecule has 2 fully saturated rings. The van der Waals surface area contributed by atoms with Gasteiger partial charge in [0, 0.05) is 4.91 Å². The van der Waals surface area contributed by atoms with Crippen LogP contribution in [0.1, 0.15) is 33.4 Å². The number of rotatable bonds is 22. The smallest absolute Gasteiger partial charge is 0.169 e. The van der Waals surface area contributed by atoms with Crippen molar-refractivity contribution in [3.8, 4) is 0 Å². The maximum absolute atomic E-state index is 12.3. The SMILES string of the molecule is [N-]=[N+]=NC1[C@H](O[C@@H]2C(O)[C@H](O)C(OCc3ccccc3)C(OCc3ccccc3)[C@@H]2OCc2ccccc2)OC(COCc2ccccc2)[C@H](OCc2ccccc2)[C@H]1OCc1ccccc1. The van der Waals surface area contributed by atoms with E-state index in [0.29, 0.717) is 0 Å². The molecule has 0 aromatic heterocycles. The Morgan fingerprint density at radius 2 is 0.746 bits per heavy atom. The minimum absolute atomic E-state index is 0.0321. The molecule has 0 radical (unpaired) electrons. The second-order valence-corrected chi connectivity index (χ2v) is 16.6. The topological polar surface area (TPSA) is 163 Å². The van der Waals surface area contributed by atoms with E-state index in [4.69, 9.17) is 37.9 Å². The Balaban J connectivity index is 1.15. The first-order valence-electron chi connectivity index (χ1n) is 22.6. The quantitative estimate of drug-likeness (QED) is 0.0383. The molecule has 13 nitrogen and oxygen atoms in total. The van der Waals surface area contributed by atoms with Gasteiger partial charge in [-0.3, -0.25) is 0 Å². The first-order chi connectivity index (χ1) is 33.0. The molecule has 6 aromatic carbocycles. The van der Waals surface area contributed by atoms with Crippen molar-refractivity contribution < 1.29 is 48.1 Å². The van der Waals surface area contributed by atoms with E-state index in [1.807, 2.05) is 182 Å². The molecular weight excluding hydrogens is 851 g/mol. The molecule has 6 aromatic rings. The minimum Gasteiger partial charge on any atom is -0.387 e. The van der Waals surface area contributed by atoms with Gasteiger partial charge in [-0.1, -0.05) is 187 Å². The first kappa shape index (κ1) is 47.7. The molecule has 1 aliphatic carbocycles. The van der Waals surface area contributed by atoms with Crippen LogP contribution in [-0.2, 0) is 77.5 Å². The Labute approximate surface area is 391 Å². The second kappa shape index (κ2) is 24.8. The zero-order chi connectivity index (χ0) is 46.0. The maximum atomic E-state index is 12.3. The van der Waals surface area contributed by atoms with E-state index in [1.165, 1.54) is 0 Å². The molecule has 1 saturated heterocycles. The highest BCUT2D eigenvalue weighted by Gasteiger charge is 2.56. The molecule has 0 amide bonds. The fourth-order valence-electron chi connectivity index (χ4n) is 8.45. The van der Waals surface area contributed by atoms with Crippen molar-refractivity contribution in [1.82, 2.24) is 0 Å². The monoisotopic (exact) mass is 907 g/mol. The Morgan fingerprint density at radius 1 is 0.418 bits per heavy atom. The summed E-state index contributed by atoms with van der Waals surface area (Å²) in [6.45, 7) is 1.00. The number of nitrogens with zero attached hydrogens (tertiary/aromatic N) is 3. The number of azide groups is 1. The third-order valence-corrected chi connectivity index (χ3v) is 11.9. The Morgan fingerprint density at radius 3 is 1.15 bits per heavy atom. The highest BCUT2D eigenvalue weighted by Crippen LogP contribution is 2.37. The summed E-state index contributed by atoms with van der Waals surface area (Å²) < 4.78 is 53.5. The van der Waals surface area contributed by atoms with Crippen LogP contribution in [0.5, 0.6) is 0 Å². The van der Waals surface area contributed by atoms with Crippen molar-refractivity contribution >= 4 is 0 Å². The number of aliphatic hydroxyl groups excluding tert-OH is 2. The van der Waals surface area contributed by atoms with Gasteiger partial charge < -0.3 is 48.1 Å². The molecule has 2 N–H and O–H groups in total. The van der Waals surface area contributed by atoms with Crippen molar-refractivity contribution in [1.29, 1.82) is 0 Å². The van der Waals surface area contributed by atoms with Crippen molar-refractivity contribution in [2.24, 2.45) is 5.11 Å². The lowest BCUT2D eigenvalue weighted by Gasteiger charge is -2.50. The summed E-state index contributed by atoms with van der Waals surface area (Å²) in [4.78, 5) is 3.27. The normalized spacial score (nSPS) is 26.1. The number of aliphatic hydroxyl groups is 2. The van der Waals surface area contributed by atoms with Crippen LogP contribution in [-0.4, -0.2) is 84.1 Å². The Kier molecular flexibility index (Phi) is 17.7. The number of benzene rings is 6. The second-order valence-electron chi connectivity index (χ2n) is 16.6. The third-order valence-electron chi connectivity index (χ3n) is 11.9. The summed E-state index contributed by atoms with van der Waals surface area (Å²) in [5, 5.41) is 28.7. The first-order valence-corrected chi connectivity index (χ1v) is 22.6. The molecule has 1 saturated carbocycles. The van der Waals surface area contributed by atoms with Crippen molar-refractivity contribution in [3.63, 3.8) is 0 Å². The van der Waals surface area contributed by atoms with Crippen LogP contribution >= 0.6 is 0 Å². The predicted molar refractivity (Wildman–Crippen MR) is 250 cm³/mol. The van der Waals surface area contributed by atoms with E-state index in [0.717, 1.165) is 33.4 Å². The van der Waals surface area contributed by atoms with Crippen LogP contribution in [0.4, 0.5) is 0 Å². The fraction of sp³-hybridized carbons (Fsp3) is 0.333. The van der Waals surface area contributed by atoms with Crippen molar-refractivity contribution in [2.45, 2.75) is 107 Å². The third kappa shape index (κ3) is 13.2. The van der Waals surface area contributed by atoms with Gasteiger partial charge in [0.1, 0.15) is 61.0 Å². The molecule has 1 heterocycles. The molecule has 348 valence electrons. The van der Waals surface area contributed by atoms with Crippen LogP contribution < -0.4 is 0 Å². The van der Waals surface area contributed by atoms with Crippen LogP contribution in [0, 0.1) is 0 Å². The van der Waals surface area contributed by atoms with E-state index in [-0.39, 0.29) is 46.2 Å². The van der Waals surface area contributed by atoms with Crippen LogP contribution in [0.2, 0.25) is 0 Å². The lowest BCUT2D eigenvalue weighted by atomic mass is 9.83. The summed E-state index contributed by atoms with van der Waals surface area (Å²) in [5.41, 5.74) is 15.6. The average molecular weight is 908 g/mol. The highest BCUT2D eigenvalue weighted by molar-refractivity contribution is 5.19. The molecule has 8 rings (SSSR count). The van der Waals surface area contributed by atoms with Gasteiger partial charge in [0.2, 0.25) is 0 Å². The van der Waals surface area contributed by atoms with Gasteiger partial charge in [0.05, 0.1) is 46.2 Å². The summed E-state index contributed by atoms with van der Waals surface area (Å²) in [6, 6.07) is 56.7. The molecule has 11 atom stereocenters. The molecule has 1 aliphatic heterocycles. The molecule has 67 heavy (non-hydrogen) atoms. The molecule has 0 spiro atoms. The van der Waals surface area contributed by atoms with Gasteiger partial charge in [0.25, 0.3) is 0 Å². The van der Waals surface area contributed by atoms with Gasteiger partial charge in [-0.05, 0) is 38.9 Å². The van der Waals surface area contributed by atoms with Crippen LogP contribution in [0.15, 0.2) is 187 Å². The van der Waals surface area contributed by atoms with Gasteiger partial charge in [0.15, 0.2) is 6.29 Å². The average Bonchev–Trinajstić information content (AvgIpc) is 3.38. The highest BCUT2D eigenvalue weighted by atomic mass is 16.7. The number of ether oxygens (including phenoxy) is 8. The zero-order valence-corrected chi connectivity index (χ0v) is 37.1. The number of hydrogen-bond donors (Lipinski definition) is 2. The van der Waals surface area contributed by atoms with E-state index >= 15 is 0 Å². The predicted octanol–water partition coefficient (Wildman–Crippen LogP) is 8.65. The summed E-state index contributed by atoms with van der Waals surface area (Å²) in [5.74, 6) is 0. The van der Waals surface area contributed by atoms with E-state index < -0.39 is 67.3 Å². The molecule has 0 bridgehead atoms. The standard InChI is InChI=1S/C54H57N3O10/c55-57-56-45-49(62-33-40-23-11-3-12-24-40)48(61-32-39-21-9-2-10-22-39)44(37-60-31-38-19-7-1-8-20-38)66-54(45)67-51-47(59)46(58)50(63-34-41-25-13-4-14-26-41)52(64-35-42-27-15-5-16-28-42)53(51)65-36-43-29-17-6-18-30-43/h1-30,44-54,58-59H,31-37H2/t44?,45?,46-,47?,48-,49-,50?,51+,52?,53+,54-/m0/s1. The maximum Gasteiger partial charge on any atom is 0.169 e. The summed E-state index contributed by atoms with van der Waals surface area (Å²) in [7, 11) is 0. The zero-order valence-electron chi connectivity index (χ0n) is 37.1. The lowest BCUT2D eigenvalue weighted by Crippen LogP contribution is -2.68. The van der Waals surface area contributed by atoms with E-state index in [2.05, 4.69) is 10.0 Å². The Bertz CT molecular complexity index is 2370. The summed E-state index contributed by atoms with van der Waals surface area (Å²) >= 11 is 0. The molecular formula is C54H57N3O10. The molecule has 13 heteroatoms. The van der Waals surface area contributed by atoms with Crippen LogP contribution in [0.3, 0.4) is 0 Å².